The van der Waals surface area contributed by atoms with Gasteiger partial charge in [-0.3, -0.25) is 10.1 Å². The van der Waals surface area contributed by atoms with Crippen molar-refractivity contribution in [3.63, 3.8) is 0 Å². The largest absolute Gasteiger partial charge is 0.278 e. The highest BCUT2D eigenvalue weighted by atomic mass is 79.9. The molecule has 1 aromatic rings. The molecule has 0 saturated carbocycles. The Morgan fingerprint density at radius 3 is 2.82 bits per heavy atom. The second-order valence-corrected chi connectivity index (χ2v) is 5.07. The summed E-state index contributed by atoms with van der Waals surface area (Å²) in [5.74, 6) is 0.508. The maximum atomic E-state index is 11.0. The summed E-state index contributed by atoms with van der Waals surface area (Å²) in [4.78, 5) is 10.7. The fourth-order valence-corrected chi connectivity index (χ4v) is 2.18. The maximum Gasteiger partial charge on any atom is 0.278 e. The molecule has 0 amide bonds. The van der Waals surface area contributed by atoms with E-state index in [1.165, 1.54) is 0 Å². The minimum atomic E-state index is -0.340. The number of nitrogens with zero attached hydrogens (tertiary/aromatic N) is 1. The third kappa shape index (κ3) is 2.64. The third-order valence-electron chi connectivity index (χ3n) is 2.78. The minimum absolute atomic E-state index is 0.143. The van der Waals surface area contributed by atoms with Crippen LogP contribution in [0.1, 0.15) is 18.9 Å². The van der Waals surface area contributed by atoms with Gasteiger partial charge in [0.05, 0.1) is 10.5 Å². The van der Waals surface area contributed by atoms with E-state index in [1.807, 2.05) is 12.1 Å². The van der Waals surface area contributed by atoms with E-state index in [4.69, 9.17) is 0 Å². The summed E-state index contributed by atoms with van der Waals surface area (Å²) in [6.45, 7) is 2.12. The number of halogens is 1. The molecule has 1 unspecified atom stereocenters. The van der Waals surface area contributed by atoms with E-state index in [-0.39, 0.29) is 10.6 Å². The molecule has 0 bridgehead atoms. The molecule has 1 aliphatic carbocycles. The molecule has 3 nitrogen and oxygen atoms in total. The number of benzene rings is 1. The number of nitro benzene ring substituents is 1. The number of hydrogen-bond acceptors (Lipinski definition) is 2. The Labute approximate surface area is 108 Å². The van der Waals surface area contributed by atoms with Crippen molar-refractivity contribution in [2.75, 3.05) is 0 Å². The van der Waals surface area contributed by atoms with Crippen molar-refractivity contribution < 1.29 is 4.92 Å². The molecule has 1 aliphatic rings. The van der Waals surface area contributed by atoms with E-state index in [0.717, 1.165) is 16.5 Å². The predicted molar refractivity (Wildman–Crippen MR) is 71.7 cm³/mol. The molecule has 0 fully saturated rings. The zero-order chi connectivity index (χ0) is 12.4. The van der Waals surface area contributed by atoms with Crippen LogP contribution in [0.2, 0.25) is 0 Å². The zero-order valence-corrected chi connectivity index (χ0v) is 11.0. The molecule has 0 spiro atoms. The third-order valence-corrected chi connectivity index (χ3v) is 3.27. The first-order valence-corrected chi connectivity index (χ1v) is 6.20. The highest BCUT2D eigenvalue weighted by Gasteiger charge is 2.17. The van der Waals surface area contributed by atoms with Gasteiger partial charge in [0.2, 0.25) is 0 Å². The lowest BCUT2D eigenvalue weighted by molar-refractivity contribution is -0.385. The van der Waals surface area contributed by atoms with Crippen molar-refractivity contribution in [1.82, 2.24) is 0 Å². The molecule has 0 radical (unpaired) electrons. The highest BCUT2D eigenvalue weighted by Crippen LogP contribution is 2.32. The van der Waals surface area contributed by atoms with Gasteiger partial charge in [0.25, 0.3) is 5.69 Å². The Hall–Kier alpha value is -1.42. The van der Waals surface area contributed by atoms with Crippen molar-refractivity contribution in [1.29, 1.82) is 0 Å². The first-order chi connectivity index (χ1) is 8.08. The number of nitro groups is 1. The van der Waals surface area contributed by atoms with Gasteiger partial charge in [-0.2, -0.15) is 0 Å². The Morgan fingerprint density at radius 1 is 1.47 bits per heavy atom. The molecule has 1 aromatic carbocycles. The smallest absolute Gasteiger partial charge is 0.258 e. The first kappa shape index (κ1) is 12.0. The van der Waals surface area contributed by atoms with Gasteiger partial charge in [0, 0.05) is 10.5 Å². The molecule has 0 heterocycles. The maximum absolute atomic E-state index is 11.0. The van der Waals surface area contributed by atoms with E-state index in [9.17, 15) is 10.1 Å². The molecule has 0 saturated heterocycles. The van der Waals surface area contributed by atoms with Gasteiger partial charge in [0.15, 0.2) is 0 Å². The van der Waals surface area contributed by atoms with Crippen LogP contribution in [0.5, 0.6) is 0 Å². The first-order valence-electron chi connectivity index (χ1n) is 5.40. The van der Waals surface area contributed by atoms with Crippen LogP contribution < -0.4 is 0 Å². The summed E-state index contributed by atoms with van der Waals surface area (Å²) in [7, 11) is 0. The second kappa shape index (κ2) is 4.84. The topological polar surface area (TPSA) is 43.1 Å². The van der Waals surface area contributed by atoms with Crippen molar-refractivity contribution in [2.45, 2.75) is 13.3 Å². The van der Waals surface area contributed by atoms with Crippen LogP contribution in [-0.2, 0) is 0 Å². The van der Waals surface area contributed by atoms with Crippen molar-refractivity contribution in [2.24, 2.45) is 5.92 Å². The molecule has 0 aromatic heterocycles. The molecular weight excluding hydrogens is 282 g/mol. The van der Waals surface area contributed by atoms with E-state index in [0.29, 0.717) is 11.5 Å². The predicted octanol–water partition coefficient (Wildman–Crippen LogP) is 4.34. The molecule has 0 N–H and O–H groups in total. The van der Waals surface area contributed by atoms with E-state index in [1.54, 1.807) is 12.1 Å². The second-order valence-electron chi connectivity index (χ2n) is 4.15. The Kier molecular flexibility index (Phi) is 3.43. The SMILES string of the molecule is CC1C=CC(c2ccc(Br)cc2[N+](=O)[O-])=CC1. The molecule has 4 heteroatoms. The van der Waals surface area contributed by atoms with Gasteiger partial charge in [-0.15, -0.1) is 0 Å². The lowest BCUT2D eigenvalue weighted by Gasteiger charge is -2.12. The highest BCUT2D eigenvalue weighted by molar-refractivity contribution is 9.10. The van der Waals surface area contributed by atoms with Crippen molar-refractivity contribution >= 4 is 27.2 Å². The van der Waals surface area contributed by atoms with Crippen LogP contribution >= 0.6 is 15.9 Å². The minimum Gasteiger partial charge on any atom is -0.258 e. The van der Waals surface area contributed by atoms with Gasteiger partial charge in [-0.25, -0.2) is 0 Å². The van der Waals surface area contributed by atoms with E-state index < -0.39 is 0 Å². The van der Waals surface area contributed by atoms with Gasteiger partial charge < -0.3 is 0 Å². The lowest BCUT2D eigenvalue weighted by Crippen LogP contribution is -1.98. The van der Waals surface area contributed by atoms with Crippen LogP contribution in [0.3, 0.4) is 0 Å². The van der Waals surface area contributed by atoms with Gasteiger partial charge in [0.1, 0.15) is 0 Å². The molecule has 88 valence electrons. The fourth-order valence-electron chi connectivity index (χ4n) is 1.83. The van der Waals surface area contributed by atoms with E-state index in [2.05, 4.69) is 35.0 Å². The van der Waals surface area contributed by atoms with Crippen molar-refractivity contribution in [3.05, 3.63) is 56.6 Å². The molecule has 1 atom stereocenters. The Morgan fingerprint density at radius 2 is 2.24 bits per heavy atom. The molecule has 0 aliphatic heterocycles. The Bertz CT molecular complexity index is 520. The van der Waals surface area contributed by atoms with Gasteiger partial charge in [-0.1, -0.05) is 41.1 Å². The zero-order valence-electron chi connectivity index (χ0n) is 9.39. The summed E-state index contributed by atoms with van der Waals surface area (Å²) >= 11 is 3.26. The van der Waals surface area contributed by atoms with Crippen LogP contribution in [-0.4, -0.2) is 4.92 Å². The van der Waals surface area contributed by atoms with Crippen LogP contribution in [0.15, 0.2) is 40.9 Å². The van der Waals surface area contributed by atoms with E-state index >= 15 is 0 Å². The standard InChI is InChI=1S/C13H12BrNO2/c1-9-2-4-10(5-3-9)12-7-6-11(14)8-13(12)15(16)17/h2,4-9H,3H2,1H3. The van der Waals surface area contributed by atoms with Gasteiger partial charge in [-0.05, 0) is 30.0 Å². The summed E-state index contributed by atoms with van der Waals surface area (Å²) < 4.78 is 0.724. The van der Waals surface area contributed by atoms with Crippen LogP contribution in [0.25, 0.3) is 5.57 Å². The number of allylic oxidation sites excluding steroid dienone is 4. The Balaban J connectivity index is 2.46. The van der Waals surface area contributed by atoms with Crippen molar-refractivity contribution in [3.8, 4) is 0 Å². The summed E-state index contributed by atoms with van der Waals surface area (Å²) in [5, 5.41) is 11.0. The van der Waals surface area contributed by atoms with Gasteiger partial charge >= 0.3 is 0 Å². The number of rotatable bonds is 2. The normalized spacial score (nSPS) is 18.9. The lowest BCUT2D eigenvalue weighted by atomic mass is 9.93. The van der Waals surface area contributed by atoms with Crippen LogP contribution in [0, 0.1) is 16.0 Å². The summed E-state index contributed by atoms with van der Waals surface area (Å²) in [6.07, 6.45) is 7.03. The fraction of sp³-hybridized carbons (Fsp3) is 0.231. The molecular formula is C13H12BrNO2. The quantitative estimate of drug-likeness (QED) is 0.601. The average Bonchev–Trinajstić information content (AvgIpc) is 2.30. The summed E-state index contributed by atoms with van der Waals surface area (Å²) in [6, 6.07) is 5.16. The summed E-state index contributed by atoms with van der Waals surface area (Å²) in [5.41, 5.74) is 1.76. The van der Waals surface area contributed by atoms with Crippen LogP contribution in [0.4, 0.5) is 5.69 Å². The average molecular weight is 294 g/mol. The molecule has 2 rings (SSSR count). The monoisotopic (exact) mass is 293 g/mol. The molecule has 17 heavy (non-hydrogen) atoms. The number of hydrogen-bond donors (Lipinski definition) is 0.